The fourth-order valence-electron chi connectivity index (χ4n) is 0.839. The standard InChI is InChI=1S/C9H8O3/c10-5-7-1-3-8(4-2-7)9(12)6-11/h1-5,11H,6H2. The van der Waals surface area contributed by atoms with Crippen LogP contribution in [0.1, 0.15) is 20.7 Å². The molecule has 0 aliphatic carbocycles. The Morgan fingerprint density at radius 2 is 1.92 bits per heavy atom. The van der Waals surface area contributed by atoms with Crippen LogP contribution in [0.4, 0.5) is 0 Å². The lowest BCUT2D eigenvalue weighted by molar-refractivity contribution is 0.0903. The number of benzene rings is 1. The Labute approximate surface area is 69.6 Å². The van der Waals surface area contributed by atoms with E-state index in [2.05, 4.69) is 0 Å². The topological polar surface area (TPSA) is 54.4 Å². The van der Waals surface area contributed by atoms with Crippen molar-refractivity contribution in [1.29, 1.82) is 0 Å². The van der Waals surface area contributed by atoms with Gasteiger partial charge in [-0.1, -0.05) is 24.3 Å². The summed E-state index contributed by atoms with van der Waals surface area (Å²) in [5, 5.41) is 8.50. The molecule has 0 bridgehead atoms. The lowest BCUT2D eigenvalue weighted by Gasteiger charge is -1.95. The molecule has 1 aromatic carbocycles. The van der Waals surface area contributed by atoms with Gasteiger partial charge in [-0.15, -0.1) is 0 Å². The average molecular weight is 164 g/mol. The third kappa shape index (κ3) is 1.77. The van der Waals surface area contributed by atoms with Crippen LogP contribution in [0, 0.1) is 0 Å². The first-order valence-corrected chi connectivity index (χ1v) is 3.47. The zero-order valence-electron chi connectivity index (χ0n) is 6.36. The van der Waals surface area contributed by atoms with Gasteiger partial charge in [0.05, 0.1) is 0 Å². The Balaban J connectivity index is 2.91. The fraction of sp³-hybridized carbons (Fsp3) is 0.111. The quantitative estimate of drug-likeness (QED) is 0.527. The van der Waals surface area contributed by atoms with E-state index in [1.165, 1.54) is 24.3 Å². The molecule has 3 heteroatoms. The smallest absolute Gasteiger partial charge is 0.188 e. The molecule has 0 fully saturated rings. The lowest BCUT2D eigenvalue weighted by Crippen LogP contribution is -2.03. The van der Waals surface area contributed by atoms with Crippen molar-refractivity contribution in [3.63, 3.8) is 0 Å². The highest BCUT2D eigenvalue weighted by Gasteiger charge is 2.02. The molecule has 1 rings (SSSR count). The minimum Gasteiger partial charge on any atom is -0.388 e. The number of carbonyl (C=O) groups is 2. The summed E-state index contributed by atoms with van der Waals surface area (Å²) in [6.07, 6.45) is 0.702. The van der Waals surface area contributed by atoms with Crippen LogP contribution in [0.3, 0.4) is 0 Å². The molecule has 1 N–H and O–H groups in total. The normalized spacial score (nSPS) is 9.42. The molecule has 0 aliphatic heterocycles. The summed E-state index contributed by atoms with van der Waals surface area (Å²) in [5.74, 6) is -0.340. The van der Waals surface area contributed by atoms with Crippen LogP contribution in [0.2, 0.25) is 0 Å². The van der Waals surface area contributed by atoms with Crippen LogP contribution in [-0.4, -0.2) is 23.8 Å². The second kappa shape index (κ2) is 3.78. The van der Waals surface area contributed by atoms with Crippen molar-refractivity contribution in [2.24, 2.45) is 0 Å². The van der Waals surface area contributed by atoms with Crippen molar-refractivity contribution in [1.82, 2.24) is 0 Å². The van der Waals surface area contributed by atoms with Gasteiger partial charge in [-0.25, -0.2) is 0 Å². The van der Waals surface area contributed by atoms with Crippen molar-refractivity contribution >= 4 is 12.1 Å². The van der Waals surface area contributed by atoms with E-state index in [1.807, 2.05) is 0 Å². The van der Waals surface area contributed by atoms with Gasteiger partial charge < -0.3 is 5.11 Å². The minimum absolute atomic E-state index is 0.340. The number of rotatable bonds is 3. The molecule has 0 radical (unpaired) electrons. The number of hydrogen-bond donors (Lipinski definition) is 1. The fourth-order valence-corrected chi connectivity index (χ4v) is 0.839. The monoisotopic (exact) mass is 164 g/mol. The highest BCUT2D eigenvalue weighted by atomic mass is 16.3. The van der Waals surface area contributed by atoms with Gasteiger partial charge in [0.1, 0.15) is 12.9 Å². The third-order valence-electron chi connectivity index (χ3n) is 1.51. The first kappa shape index (κ1) is 8.62. The third-order valence-corrected chi connectivity index (χ3v) is 1.51. The van der Waals surface area contributed by atoms with Gasteiger partial charge in [0.2, 0.25) is 0 Å². The molecule has 0 unspecified atom stereocenters. The lowest BCUT2D eigenvalue weighted by atomic mass is 10.1. The Hall–Kier alpha value is -1.48. The summed E-state index contributed by atoms with van der Waals surface area (Å²) < 4.78 is 0. The second-order valence-corrected chi connectivity index (χ2v) is 2.32. The van der Waals surface area contributed by atoms with Crippen molar-refractivity contribution in [2.45, 2.75) is 0 Å². The molecule has 0 saturated heterocycles. The van der Waals surface area contributed by atoms with Gasteiger partial charge in [-0.2, -0.15) is 0 Å². The van der Waals surface area contributed by atoms with E-state index in [4.69, 9.17) is 5.11 Å². The molecule has 0 spiro atoms. The van der Waals surface area contributed by atoms with E-state index in [0.717, 1.165) is 0 Å². The molecule has 0 amide bonds. The number of Topliss-reactive ketones (excluding diaryl/α,β-unsaturated/α-hetero) is 1. The van der Waals surface area contributed by atoms with E-state index in [9.17, 15) is 9.59 Å². The molecule has 0 heterocycles. The van der Waals surface area contributed by atoms with Crippen LogP contribution in [0.15, 0.2) is 24.3 Å². The molecule has 62 valence electrons. The van der Waals surface area contributed by atoms with E-state index >= 15 is 0 Å². The highest BCUT2D eigenvalue weighted by molar-refractivity contribution is 5.97. The summed E-state index contributed by atoms with van der Waals surface area (Å²) >= 11 is 0. The number of aliphatic hydroxyl groups is 1. The number of ketones is 1. The maximum atomic E-state index is 10.9. The Morgan fingerprint density at radius 3 is 2.33 bits per heavy atom. The Morgan fingerprint density at radius 1 is 1.33 bits per heavy atom. The maximum Gasteiger partial charge on any atom is 0.188 e. The molecule has 0 aromatic heterocycles. The van der Waals surface area contributed by atoms with E-state index in [0.29, 0.717) is 17.4 Å². The van der Waals surface area contributed by atoms with Gasteiger partial charge in [-0.3, -0.25) is 9.59 Å². The minimum atomic E-state index is -0.500. The zero-order chi connectivity index (χ0) is 8.97. The molecule has 0 saturated carbocycles. The number of carbonyl (C=O) groups excluding carboxylic acids is 2. The zero-order valence-corrected chi connectivity index (χ0v) is 6.36. The predicted octanol–water partition coefficient (Wildman–Crippen LogP) is 0.674. The van der Waals surface area contributed by atoms with E-state index in [-0.39, 0.29) is 5.78 Å². The number of hydrogen-bond acceptors (Lipinski definition) is 3. The number of aldehydes is 1. The first-order valence-electron chi connectivity index (χ1n) is 3.47. The van der Waals surface area contributed by atoms with Crippen molar-refractivity contribution in [3.8, 4) is 0 Å². The average Bonchev–Trinajstić information content (AvgIpc) is 2.17. The van der Waals surface area contributed by atoms with E-state index in [1.54, 1.807) is 0 Å². The molecule has 12 heavy (non-hydrogen) atoms. The molecular weight excluding hydrogens is 156 g/mol. The van der Waals surface area contributed by atoms with Gasteiger partial charge >= 0.3 is 0 Å². The molecule has 1 aromatic rings. The van der Waals surface area contributed by atoms with Gasteiger partial charge in [0.15, 0.2) is 5.78 Å². The molecule has 3 nitrogen and oxygen atoms in total. The van der Waals surface area contributed by atoms with Gasteiger partial charge in [0.25, 0.3) is 0 Å². The Bertz CT molecular complexity index is 287. The van der Waals surface area contributed by atoms with Crippen molar-refractivity contribution in [2.75, 3.05) is 6.61 Å². The number of aliphatic hydroxyl groups excluding tert-OH is 1. The summed E-state index contributed by atoms with van der Waals surface area (Å²) in [5.41, 5.74) is 0.938. The van der Waals surface area contributed by atoms with Crippen LogP contribution in [0.25, 0.3) is 0 Å². The van der Waals surface area contributed by atoms with E-state index < -0.39 is 6.61 Å². The van der Waals surface area contributed by atoms with Crippen LogP contribution >= 0.6 is 0 Å². The highest BCUT2D eigenvalue weighted by Crippen LogP contribution is 2.02. The van der Waals surface area contributed by atoms with Crippen LogP contribution in [-0.2, 0) is 0 Å². The van der Waals surface area contributed by atoms with Crippen LogP contribution < -0.4 is 0 Å². The van der Waals surface area contributed by atoms with Crippen LogP contribution in [0.5, 0.6) is 0 Å². The molecule has 0 aliphatic rings. The van der Waals surface area contributed by atoms with Gasteiger partial charge in [0, 0.05) is 11.1 Å². The van der Waals surface area contributed by atoms with Gasteiger partial charge in [-0.05, 0) is 0 Å². The largest absolute Gasteiger partial charge is 0.388 e. The maximum absolute atomic E-state index is 10.9. The summed E-state index contributed by atoms with van der Waals surface area (Å²) in [6, 6.07) is 6.11. The van der Waals surface area contributed by atoms with Crippen molar-refractivity contribution < 1.29 is 14.7 Å². The predicted molar refractivity (Wildman–Crippen MR) is 43.2 cm³/mol. The first-order chi connectivity index (χ1) is 5.77. The summed E-state index contributed by atoms with van der Waals surface area (Å²) in [7, 11) is 0. The SMILES string of the molecule is O=Cc1ccc(C(=O)CO)cc1. The summed E-state index contributed by atoms with van der Waals surface area (Å²) in [6.45, 7) is -0.500. The van der Waals surface area contributed by atoms with Crippen molar-refractivity contribution in [3.05, 3.63) is 35.4 Å². The second-order valence-electron chi connectivity index (χ2n) is 2.32. The molecule has 0 atom stereocenters. The Kier molecular flexibility index (Phi) is 2.71. The molecular formula is C9H8O3. The summed E-state index contributed by atoms with van der Waals surface area (Å²) in [4.78, 5) is 21.1.